The second-order valence-corrected chi connectivity index (χ2v) is 6.59. The van der Waals surface area contributed by atoms with Gasteiger partial charge in [0.05, 0.1) is 24.0 Å². The number of para-hydroxylation sites is 1. The van der Waals surface area contributed by atoms with Crippen LogP contribution in [0.4, 0.5) is 23.7 Å². The predicted octanol–water partition coefficient (Wildman–Crippen LogP) is 3.73. The van der Waals surface area contributed by atoms with Gasteiger partial charge in [-0.1, -0.05) is 42.5 Å². The van der Waals surface area contributed by atoms with Crippen LogP contribution in [0.5, 0.6) is 0 Å². The van der Waals surface area contributed by atoms with Crippen LogP contribution < -0.4 is 10.6 Å². The largest absolute Gasteiger partial charge is 0.418 e. The maximum absolute atomic E-state index is 13.0. The highest BCUT2D eigenvalue weighted by Gasteiger charge is 2.33. The molecule has 28 heavy (non-hydrogen) atoms. The molecular formula is C20H22F3N3O2. The van der Waals surface area contributed by atoms with Crippen molar-refractivity contribution in [3.8, 4) is 0 Å². The fraction of sp³-hybridized carbons (Fsp3) is 0.350. The maximum atomic E-state index is 13.0. The number of nitrogens with one attached hydrogen (secondary N) is 2. The van der Waals surface area contributed by atoms with E-state index in [2.05, 4.69) is 15.5 Å². The Morgan fingerprint density at radius 3 is 2.57 bits per heavy atom. The molecule has 0 bridgehead atoms. The molecule has 3 rings (SSSR count). The number of halogens is 3. The number of carbonyl (C=O) groups excluding carboxylic acids is 1. The van der Waals surface area contributed by atoms with E-state index in [-0.39, 0.29) is 18.3 Å². The Balaban J connectivity index is 1.49. The van der Waals surface area contributed by atoms with Gasteiger partial charge in [-0.25, -0.2) is 4.79 Å². The Labute approximate surface area is 161 Å². The molecule has 0 spiro atoms. The summed E-state index contributed by atoms with van der Waals surface area (Å²) in [5.74, 6) is 0. The summed E-state index contributed by atoms with van der Waals surface area (Å²) >= 11 is 0. The number of carbonyl (C=O) groups is 1. The number of ether oxygens (including phenoxy) is 1. The summed E-state index contributed by atoms with van der Waals surface area (Å²) in [6, 6.07) is 14.2. The number of nitrogens with zero attached hydrogens (tertiary/aromatic N) is 1. The van der Waals surface area contributed by atoms with Crippen LogP contribution in [0.3, 0.4) is 0 Å². The topological polar surface area (TPSA) is 53.6 Å². The van der Waals surface area contributed by atoms with Crippen LogP contribution in [0, 0.1) is 0 Å². The summed E-state index contributed by atoms with van der Waals surface area (Å²) in [6.45, 7) is 2.96. The Morgan fingerprint density at radius 2 is 1.82 bits per heavy atom. The number of alkyl halides is 3. The molecule has 1 atom stereocenters. The third kappa shape index (κ3) is 5.71. The molecule has 5 nitrogen and oxygen atoms in total. The minimum atomic E-state index is -4.53. The van der Waals surface area contributed by atoms with E-state index in [1.165, 1.54) is 23.8 Å². The van der Waals surface area contributed by atoms with Gasteiger partial charge in [-0.15, -0.1) is 0 Å². The summed E-state index contributed by atoms with van der Waals surface area (Å²) in [4.78, 5) is 14.3. The summed E-state index contributed by atoms with van der Waals surface area (Å²) < 4.78 is 44.7. The lowest BCUT2D eigenvalue weighted by Gasteiger charge is -2.33. The van der Waals surface area contributed by atoms with E-state index in [0.717, 1.165) is 19.2 Å². The van der Waals surface area contributed by atoms with Crippen molar-refractivity contribution in [3.05, 3.63) is 65.7 Å². The molecule has 2 N–H and O–H groups in total. The van der Waals surface area contributed by atoms with Gasteiger partial charge in [0.1, 0.15) is 0 Å². The number of hydrogen-bond acceptors (Lipinski definition) is 3. The van der Waals surface area contributed by atoms with Gasteiger partial charge in [0.25, 0.3) is 0 Å². The number of urea groups is 1. The molecule has 1 fully saturated rings. The Kier molecular flexibility index (Phi) is 6.53. The number of rotatable bonds is 5. The van der Waals surface area contributed by atoms with Gasteiger partial charge in [0.2, 0.25) is 0 Å². The van der Waals surface area contributed by atoms with Crippen LogP contribution in [0.1, 0.15) is 11.1 Å². The molecule has 1 unspecified atom stereocenters. The molecule has 0 radical (unpaired) electrons. The highest BCUT2D eigenvalue weighted by Crippen LogP contribution is 2.34. The van der Waals surface area contributed by atoms with Crippen molar-refractivity contribution in [2.24, 2.45) is 0 Å². The third-order valence-electron chi connectivity index (χ3n) is 4.44. The fourth-order valence-electron chi connectivity index (χ4n) is 3.10. The smallest absolute Gasteiger partial charge is 0.374 e. The number of morpholine rings is 1. The van der Waals surface area contributed by atoms with Crippen molar-refractivity contribution in [1.29, 1.82) is 0 Å². The molecule has 2 aromatic rings. The van der Waals surface area contributed by atoms with Gasteiger partial charge in [-0.2, -0.15) is 13.2 Å². The number of benzene rings is 2. The first-order valence-electron chi connectivity index (χ1n) is 9.01. The maximum Gasteiger partial charge on any atom is 0.418 e. The van der Waals surface area contributed by atoms with E-state index in [1.54, 1.807) is 0 Å². The normalized spacial score (nSPS) is 17.9. The van der Waals surface area contributed by atoms with Crippen LogP contribution in [0.15, 0.2) is 54.6 Å². The average Bonchev–Trinajstić information content (AvgIpc) is 2.67. The minimum absolute atomic E-state index is 0.214. The van der Waals surface area contributed by atoms with Gasteiger partial charge in [-0.3, -0.25) is 4.90 Å². The van der Waals surface area contributed by atoms with E-state index in [4.69, 9.17) is 4.74 Å². The molecular weight excluding hydrogens is 371 g/mol. The molecule has 1 saturated heterocycles. The van der Waals surface area contributed by atoms with Crippen molar-refractivity contribution >= 4 is 11.7 Å². The first-order valence-corrected chi connectivity index (χ1v) is 9.01. The van der Waals surface area contributed by atoms with Crippen LogP contribution in [-0.2, 0) is 17.5 Å². The van der Waals surface area contributed by atoms with Crippen LogP contribution in [-0.4, -0.2) is 43.3 Å². The summed E-state index contributed by atoms with van der Waals surface area (Å²) in [7, 11) is 0. The molecule has 2 aromatic carbocycles. The van der Waals surface area contributed by atoms with Crippen LogP contribution in [0.25, 0.3) is 0 Å². The van der Waals surface area contributed by atoms with Crippen LogP contribution in [0.2, 0.25) is 0 Å². The molecule has 2 amide bonds. The Bertz CT molecular complexity index is 784. The van der Waals surface area contributed by atoms with Gasteiger partial charge in [0, 0.05) is 26.2 Å². The van der Waals surface area contributed by atoms with Crippen molar-refractivity contribution < 1.29 is 22.7 Å². The average molecular weight is 393 g/mol. The van der Waals surface area contributed by atoms with Gasteiger partial charge >= 0.3 is 12.2 Å². The highest BCUT2D eigenvalue weighted by atomic mass is 19.4. The molecule has 0 saturated carbocycles. The van der Waals surface area contributed by atoms with Crippen molar-refractivity contribution in [2.45, 2.75) is 18.8 Å². The zero-order valence-corrected chi connectivity index (χ0v) is 15.2. The van der Waals surface area contributed by atoms with E-state index in [9.17, 15) is 18.0 Å². The zero-order chi connectivity index (χ0) is 20.0. The molecule has 1 aliphatic rings. The van der Waals surface area contributed by atoms with Gasteiger partial charge in [-0.05, 0) is 17.7 Å². The first-order chi connectivity index (χ1) is 13.4. The van der Waals surface area contributed by atoms with E-state index in [0.29, 0.717) is 13.2 Å². The molecule has 0 aliphatic carbocycles. The molecule has 1 heterocycles. The minimum Gasteiger partial charge on any atom is -0.374 e. The highest BCUT2D eigenvalue weighted by molar-refractivity contribution is 5.90. The van der Waals surface area contributed by atoms with Crippen molar-refractivity contribution in [1.82, 2.24) is 10.2 Å². The lowest BCUT2D eigenvalue weighted by molar-refractivity contribution is -0.136. The van der Waals surface area contributed by atoms with Crippen molar-refractivity contribution in [3.63, 3.8) is 0 Å². The Morgan fingerprint density at radius 1 is 1.11 bits per heavy atom. The predicted molar refractivity (Wildman–Crippen MR) is 99.9 cm³/mol. The molecule has 150 valence electrons. The van der Waals surface area contributed by atoms with Gasteiger partial charge < -0.3 is 15.4 Å². The SMILES string of the molecule is O=C(NCC1CN(Cc2ccccc2)CCO1)Nc1ccccc1C(F)(F)F. The fourth-order valence-corrected chi connectivity index (χ4v) is 3.10. The molecule has 1 aliphatic heterocycles. The van der Waals surface area contributed by atoms with E-state index >= 15 is 0 Å². The summed E-state index contributed by atoms with van der Waals surface area (Å²) in [5, 5.41) is 4.86. The lowest BCUT2D eigenvalue weighted by atomic mass is 10.1. The zero-order valence-electron chi connectivity index (χ0n) is 15.2. The molecule has 0 aromatic heterocycles. The van der Waals surface area contributed by atoms with Crippen molar-refractivity contribution in [2.75, 3.05) is 31.6 Å². The third-order valence-corrected chi connectivity index (χ3v) is 4.44. The van der Waals surface area contributed by atoms with E-state index in [1.807, 2.05) is 30.3 Å². The lowest BCUT2D eigenvalue weighted by Crippen LogP contribution is -2.47. The van der Waals surface area contributed by atoms with E-state index < -0.39 is 17.8 Å². The summed E-state index contributed by atoms with van der Waals surface area (Å²) in [6.07, 6.45) is -4.75. The standard InChI is InChI=1S/C20H22F3N3O2/c21-20(22,23)17-8-4-5-9-18(17)25-19(27)24-12-16-14-26(10-11-28-16)13-15-6-2-1-3-7-15/h1-9,16H,10-14H2,(H2,24,25,27). The summed E-state index contributed by atoms with van der Waals surface area (Å²) in [5.41, 5.74) is 0.0356. The quantitative estimate of drug-likeness (QED) is 0.814. The van der Waals surface area contributed by atoms with Crippen LogP contribution >= 0.6 is 0 Å². The second kappa shape index (κ2) is 9.07. The second-order valence-electron chi connectivity index (χ2n) is 6.59. The Hall–Kier alpha value is -2.58. The molecule has 8 heteroatoms. The number of anilines is 1. The number of hydrogen-bond donors (Lipinski definition) is 2. The monoisotopic (exact) mass is 393 g/mol. The van der Waals surface area contributed by atoms with Gasteiger partial charge in [0.15, 0.2) is 0 Å². The first kappa shape index (κ1) is 20.2. The number of amides is 2.